The molecule has 1 fully saturated rings. The predicted molar refractivity (Wildman–Crippen MR) is 98.1 cm³/mol. The maximum absolute atomic E-state index is 12.2. The van der Waals surface area contributed by atoms with Crippen molar-refractivity contribution in [1.82, 2.24) is 10.2 Å². The van der Waals surface area contributed by atoms with Gasteiger partial charge in [-0.1, -0.05) is 30.3 Å². The number of para-hydroxylation sites is 1. The number of carbonyl (C=O) groups excluding carboxylic acids is 2. The molecule has 1 heterocycles. The van der Waals surface area contributed by atoms with E-state index in [9.17, 15) is 14.4 Å². The minimum absolute atomic E-state index is 0.198. The highest BCUT2D eigenvalue weighted by Gasteiger charge is 2.32. The Morgan fingerprint density at radius 1 is 1.15 bits per heavy atom. The highest BCUT2D eigenvalue weighted by molar-refractivity contribution is 6.14. The zero-order chi connectivity index (χ0) is 19.4. The molecule has 1 aliphatic rings. The summed E-state index contributed by atoms with van der Waals surface area (Å²) in [6.07, 6.45) is 1.58. The van der Waals surface area contributed by atoms with Gasteiger partial charge in [0.15, 0.2) is 0 Å². The van der Waals surface area contributed by atoms with Crippen molar-refractivity contribution in [3.63, 3.8) is 0 Å². The second-order valence-corrected chi connectivity index (χ2v) is 5.87. The summed E-state index contributed by atoms with van der Waals surface area (Å²) < 4.78 is 5.82. The normalized spacial score (nSPS) is 15.1. The number of nitrogens with one attached hydrogen (secondary N) is 1. The molecule has 3 rings (SSSR count). The summed E-state index contributed by atoms with van der Waals surface area (Å²) in [5.74, 6) is -0.810. The molecule has 0 radical (unpaired) electrons. The Labute approximate surface area is 155 Å². The molecule has 7 heteroatoms. The van der Waals surface area contributed by atoms with Crippen LogP contribution in [0.25, 0.3) is 6.08 Å². The van der Waals surface area contributed by atoms with Crippen LogP contribution < -0.4 is 10.1 Å². The topological polar surface area (TPSA) is 95.9 Å². The van der Waals surface area contributed by atoms with Crippen molar-refractivity contribution < 1.29 is 24.2 Å². The molecule has 1 saturated heterocycles. The van der Waals surface area contributed by atoms with Crippen LogP contribution in [0.1, 0.15) is 28.4 Å². The summed E-state index contributed by atoms with van der Waals surface area (Å²) in [7, 11) is 0. The highest BCUT2D eigenvalue weighted by atomic mass is 16.5. The lowest BCUT2D eigenvalue weighted by Crippen LogP contribution is -2.30. The number of urea groups is 1. The van der Waals surface area contributed by atoms with Crippen molar-refractivity contribution in [2.45, 2.75) is 13.5 Å². The number of benzene rings is 2. The van der Waals surface area contributed by atoms with Crippen LogP contribution >= 0.6 is 0 Å². The molecular formula is C20H18N2O5. The monoisotopic (exact) mass is 366 g/mol. The van der Waals surface area contributed by atoms with Crippen LogP contribution in [-0.4, -0.2) is 34.5 Å². The van der Waals surface area contributed by atoms with Gasteiger partial charge in [-0.25, -0.2) is 9.59 Å². The molecule has 3 amide bonds. The number of hydrogen-bond acceptors (Lipinski definition) is 4. The average Bonchev–Trinajstić information content (AvgIpc) is 2.94. The first-order valence-electron chi connectivity index (χ1n) is 8.38. The first kappa shape index (κ1) is 18.2. The molecule has 2 aromatic carbocycles. The molecule has 0 bridgehead atoms. The fourth-order valence-electron chi connectivity index (χ4n) is 2.65. The Bertz CT molecular complexity index is 918. The minimum Gasteiger partial charge on any atom is -0.488 e. The summed E-state index contributed by atoms with van der Waals surface area (Å²) >= 11 is 0. The van der Waals surface area contributed by atoms with Gasteiger partial charge in [0.25, 0.3) is 5.91 Å². The number of aromatic carboxylic acids is 1. The van der Waals surface area contributed by atoms with E-state index in [2.05, 4.69) is 5.32 Å². The molecule has 7 nitrogen and oxygen atoms in total. The smallest absolute Gasteiger partial charge is 0.335 e. The van der Waals surface area contributed by atoms with E-state index in [1.54, 1.807) is 49.4 Å². The first-order valence-corrected chi connectivity index (χ1v) is 8.38. The Hall–Kier alpha value is -3.61. The largest absolute Gasteiger partial charge is 0.488 e. The predicted octanol–water partition coefficient (Wildman–Crippen LogP) is 2.88. The molecule has 0 saturated carbocycles. The second kappa shape index (κ2) is 7.74. The van der Waals surface area contributed by atoms with Crippen LogP contribution in [0.15, 0.2) is 54.2 Å². The van der Waals surface area contributed by atoms with E-state index in [0.29, 0.717) is 17.9 Å². The van der Waals surface area contributed by atoms with Gasteiger partial charge in [0.1, 0.15) is 18.1 Å². The minimum atomic E-state index is -0.983. The number of imide groups is 1. The summed E-state index contributed by atoms with van der Waals surface area (Å²) in [5.41, 5.74) is 1.87. The van der Waals surface area contributed by atoms with Crippen LogP contribution in [0.3, 0.4) is 0 Å². The van der Waals surface area contributed by atoms with Crippen molar-refractivity contribution in [1.29, 1.82) is 0 Å². The van der Waals surface area contributed by atoms with E-state index in [-0.39, 0.29) is 23.8 Å². The highest BCUT2D eigenvalue weighted by Crippen LogP contribution is 2.23. The number of carbonyl (C=O) groups is 3. The van der Waals surface area contributed by atoms with Crippen molar-refractivity contribution in [3.8, 4) is 5.75 Å². The zero-order valence-electron chi connectivity index (χ0n) is 14.6. The summed E-state index contributed by atoms with van der Waals surface area (Å²) in [6.45, 7) is 2.26. The maximum Gasteiger partial charge on any atom is 0.335 e. The Morgan fingerprint density at radius 3 is 2.48 bits per heavy atom. The molecule has 0 spiro atoms. The Kier molecular flexibility index (Phi) is 5.21. The number of likely N-dealkylation sites (N-methyl/N-ethyl adjacent to an activating group) is 1. The summed E-state index contributed by atoms with van der Waals surface area (Å²) in [5, 5.41) is 11.5. The van der Waals surface area contributed by atoms with Crippen molar-refractivity contribution in [3.05, 3.63) is 70.9 Å². The summed E-state index contributed by atoms with van der Waals surface area (Å²) in [4.78, 5) is 36.0. The van der Waals surface area contributed by atoms with Gasteiger partial charge >= 0.3 is 12.0 Å². The standard InChI is InChI=1S/C20H18N2O5/c1-2-22-18(23)16(21-20(22)26)11-15-5-3-4-6-17(15)27-12-13-7-9-14(10-8-13)19(24)25/h3-11H,2,12H2,1H3,(H,21,26)(H,24,25). The number of hydrogen-bond donors (Lipinski definition) is 2. The van der Waals surface area contributed by atoms with Gasteiger partial charge in [-0.3, -0.25) is 9.69 Å². The molecule has 0 unspecified atom stereocenters. The number of carboxylic acid groups (broad SMARTS) is 1. The molecule has 1 aliphatic heterocycles. The van der Waals surface area contributed by atoms with Crippen molar-refractivity contribution >= 4 is 24.0 Å². The van der Waals surface area contributed by atoms with E-state index in [1.165, 1.54) is 12.1 Å². The molecular weight excluding hydrogens is 348 g/mol. The maximum atomic E-state index is 12.2. The van der Waals surface area contributed by atoms with E-state index in [0.717, 1.165) is 10.5 Å². The lowest BCUT2D eigenvalue weighted by atomic mass is 10.1. The third-order valence-electron chi connectivity index (χ3n) is 4.09. The van der Waals surface area contributed by atoms with Crippen LogP contribution in [0.2, 0.25) is 0 Å². The zero-order valence-corrected chi connectivity index (χ0v) is 14.6. The van der Waals surface area contributed by atoms with Crippen LogP contribution in [0.5, 0.6) is 5.75 Å². The number of amides is 3. The van der Waals surface area contributed by atoms with Crippen molar-refractivity contribution in [2.75, 3.05) is 6.54 Å². The third-order valence-corrected chi connectivity index (χ3v) is 4.09. The molecule has 2 N–H and O–H groups in total. The second-order valence-electron chi connectivity index (χ2n) is 5.87. The van der Waals surface area contributed by atoms with Crippen LogP contribution in [0.4, 0.5) is 4.79 Å². The number of ether oxygens (including phenoxy) is 1. The number of carboxylic acids is 1. The fourth-order valence-corrected chi connectivity index (χ4v) is 2.65. The third kappa shape index (κ3) is 3.98. The van der Waals surface area contributed by atoms with Gasteiger partial charge in [0, 0.05) is 12.1 Å². The lowest BCUT2D eigenvalue weighted by Gasteiger charge is -2.10. The molecule has 0 atom stereocenters. The van der Waals surface area contributed by atoms with Crippen molar-refractivity contribution in [2.24, 2.45) is 0 Å². The fraction of sp³-hybridized carbons (Fsp3) is 0.150. The molecule has 138 valence electrons. The quantitative estimate of drug-likeness (QED) is 0.605. The number of nitrogens with zero attached hydrogens (tertiary/aromatic N) is 1. The molecule has 2 aromatic rings. The van der Waals surface area contributed by atoms with Crippen LogP contribution in [-0.2, 0) is 11.4 Å². The molecule has 0 aliphatic carbocycles. The van der Waals surface area contributed by atoms with E-state index in [4.69, 9.17) is 9.84 Å². The van der Waals surface area contributed by atoms with Crippen LogP contribution in [0, 0.1) is 0 Å². The molecule has 0 aromatic heterocycles. The van der Waals surface area contributed by atoms with Gasteiger partial charge in [-0.05, 0) is 36.8 Å². The van der Waals surface area contributed by atoms with Gasteiger partial charge < -0.3 is 15.2 Å². The summed E-state index contributed by atoms with van der Waals surface area (Å²) in [6, 6.07) is 13.1. The molecule has 27 heavy (non-hydrogen) atoms. The van der Waals surface area contributed by atoms with E-state index < -0.39 is 12.0 Å². The average molecular weight is 366 g/mol. The van der Waals surface area contributed by atoms with Gasteiger partial charge in [0.2, 0.25) is 0 Å². The van der Waals surface area contributed by atoms with E-state index in [1.807, 2.05) is 0 Å². The Morgan fingerprint density at radius 2 is 1.85 bits per heavy atom. The van der Waals surface area contributed by atoms with Gasteiger partial charge in [-0.2, -0.15) is 0 Å². The SMILES string of the molecule is CCN1C(=O)NC(=Cc2ccccc2OCc2ccc(C(=O)O)cc2)C1=O. The lowest BCUT2D eigenvalue weighted by molar-refractivity contribution is -0.122. The van der Waals surface area contributed by atoms with Gasteiger partial charge in [-0.15, -0.1) is 0 Å². The first-order chi connectivity index (χ1) is 13.0. The van der Waals surface area contributed by atoms with E-state index >= 15 is 0 Å². The van der Waals surface area contributed by atoms with Gasteiger partial charge in [0.05, 0.1) is 5.56 Å². The number of rotatable bonds is 6. The Balaban J connectivity index is 1.76.